The van der Waals surface area contributed by atoms with Crippen molar-refractivity contribution in [3.05, 3.63) is 89.4 Å². The number of halogens is 1. The molecular weight excluding hydrogens is 492 g/mol. The zero-order chi connectivity index (χ0) is 25.3. The summed E-state index contributed by atoms with van der Waals surface area (Å²) in [5.74, 6) is 0.591. The van der Waals surface area contributed by atoms with Crippen molar-refractivity contribution in [2.45, 2.75) is 19.0 Å². The van der Waals surface area contributed by atoms with Gasteiger partial charge in [0, 0.05) is 35.1 Å². The second-order valence-corrected chi connectivity index (χ2v) is 9.21. The molecule has 0 saturated carbocycles. The summed E-state index contributed by atoms with van der Waals surface area (Å²) < 4.78 is 1.92. The standard InChI is InChI=1S/C27H27ClN6OS/c1-3-33(4-2)23-14-10-20(11-15-23)18-29-30-25(35)19-36-27-32-31-26(21-8-6-5-7-9-21)34(27)24-16-12-22(28)13-17-24/h5-18H,3-4,19H2,1-2H3,(H,30,35). The summed E-state index contributed by atoms with van der Waals surface area (Å²) in [4.78, 5) is 14.7. The quantitative estimate of drug-likeness (QED) is 0.166. The van der Waals surface area contributed by atoms with Crippen molar-refractivity contribution in [1.29, 1.82) is 0 Å². The lowest BCUT2D eigenvalue weighted by Crippen LogP contribution is -2.21. The third kappa shape index (κ3) is 6.33. The summed E-state index contributed by atoms with van der Waals surface area (Å²) in [6, 6.07) is 25.3. The molecule has 7 nitrogen and oxygen atoms in total. The highest BCUT2D eigenvalue weighted by atomic mass is 35.5. The van der Waals surface area contributed by atoms with Crippen molar-refractivity contribution < 1.29 is 4.79 Å². The van der Waals surface area contributed by atoms with E-state index in [-0.39, 0.29) is 11.7 Å². The Labute approximate surface area is 220 Å². The number of carbonyl (C=O) groups is 1. The first-order chi connectivity index (χ1) is 17.6. The second-order valence-electron chi connectivity index (χ2n) is 7.83. The average Bonchev–Trinajstić information content (AvgIpc) is 3.34. The number of carbonyl (C=O) groups excluding carboxylic acids is 1. The predicted molar refractivity (Wildman–Crippen MR) is 148 cm³/mol. The van der Waals surface area contributed by atoms with E-state index < -0.39 is 0 Å². The summed E-state index contributed by atoms with van der Waals surface area (Å²) in [6.45, 7) is 6.17. The SMILES string of the molecule is CCN(CC)c1ccc(C=NNC(=O)CSc2nnc(-c3ccccc3)n2-c2ccc(Cl)cc2)cc1. The highest BCUT2D eigenvalue weighted by Gasteiger charge is 2.17. The Balaban J connectivity index is 1.42. The first-order valence-corrected chi connectivity index (χ1v) is 13.0. The molecule has 1 heterocycles. The van der Waals surface area contributed by atoms with Gasteiger partial charge in [-0.15, -0.1) is 10.2 Å². The molecule has 4 rings (SSSR count). The van der Waals surface area contributed by atoms with Crippen LogP contribution in [-0.2, 0) is 4.79 Å². The van der Waals surface area contributed by atoms with E-state index in [1.807, 2.05) is 71.3 Å². The predicted octanol–water partition coefficient (Wildman–Crippen LogP) is 5.68. The maximum Gasteiger partial charge on any atom is 0.250 e. The number of thioether (sulfide) groups is 1. The molecule has 0 spiro atoms. The largest absolute Gasteiger partial charge is 0.372 e. The molecule has 0 aliphatic rings. The van der Waals surface area contributed by atoms with Gasteiger partial charge in [-0.2, -0.15) is 5.10 Å². The summed E-state index contributed by atoms with van der Waals surface area (Å²) in [5.41, 5.74) is 6.45. The molecule has 36 heavy (non-hydrogen) atoms. The van der Waals surface area contributed by atoms with Gasteiger partial charge in [-0.25, -0.2) is 5.43 Å². The van der Waals surface area contributed by atoms with Crippen LogP contribution in [0.2, 0.25) is 5.02 Å². The number of hydrogen-bond donors (Lipinski definition) is 1. The van der Waals surface area contributed by atoms with E-state index >= 15 is 0 Å². The molecule has 1 aromatic heterocycles. The maximum absolute atomic E-state index is 12.5. The Morgan fingerprint density at radius 2 is 1.69 bits per heavy atom. The third-order valence-corrected chi connectivity index (χ3v) is 6.69. The first-order valence-electron chi connectivity index (χ1n) is 11.7. The molecule has 1 amide bonds. The van der Waals surface area contributed by atoms with Crippen LogP contribution in [-0.4, -0.2) is 45.7 Å². The van der Waals surface area contributed by atoms with E-state index in [9.17, 15) is 4.79 Å². The number of benzene rings is 3. The van der Waals surface area contributed by atoms with E-state index in [4.69, 9.17) is 11.6 Å². The van der Waals surface area contributed by atoms with Crippen molar-refractivity contribution in [2.75, 3.05) is 23.7 Å². The molecule has 3 aromatic carbocycles. The van der Waals surface area contributed by atoms with Gasteiger partial charge in [0.2, 0.25) is 0 Å². The van der Waals surface area contributed by atoms with Gasteiger partial charge in [-0.3, -0.25) is 9.36 Å². The topological polar surface area (TPSA) is 75.4 Å². The fraction of sp³-hybridized carbons (Fsp3) is 0.185. The van der Waals surface area contributed by atoms with E-state index in [0.717, 1.165) is 35.6 Å². The molecule has 4 aromatic rings. The Bertz CT molecular complexity index is 1300. The van der Waals surface area contributed by atoms with E-state index in [1.54, 1.807) is 6.21 Å². The van der Waals surface area contributed by atoms with E-state index in [2.05, 4.69) is 51.6 Å². The number of nitrogens with one attached hydrogen (secondary N) is 1. The van der Waals surface area contributed by atoms with E-state index in [0.29, 0.717) is 16.0 Å². The zero-order valence-electron chi connectivity index (χ0n) is 20.1. The molecule has 0 saturated heterocycles. The fourth-order valence-electron chi connectivity index (χ4n) is 3.66. The van der Waals surface area contributed by atoms with Crippen LogP contribution in [0.1, 0.15) is 19.4 Å². The summed E-state index contributed by atoms with van der Waals surface area (Å²) >= 11 is 7.38. The van der Waals surface area contributed by atoms with Crippen LogP contribution in [0.4, 0.5) is 5.69 Å². The maximum atomic E-state index is 12.5. The molecular formula is C27H27ClN6OS. The van der Waals surface area contributed by atoms with Gasteiger partial charge in [-0.1, -0.05) is 65.8 Å². The lowest BCUT2D eigenvalue weighted by atomic mass is 10.2. The smallest absolute Gasteiger partial charge is 0.250 e. The van der Waals surface area contributed by atoms with Gasteiger partial charge >= 0.3 is 0 Å². The van der Waals surface area contributed by atoms with Crippen molar-refractivity contribution in [3.8, 4) is 17.1 Å². The lowest BCUT2D eigenvalue weighted by Gasteiger charge is -2.20. The number of amides is 1. The summed E-state index contributed by atoms with van der Waals surface area (Å²) in [6.07, 6.45) is 1.64. The molecule has 0 unspecified atom stereocenters. The molecule has 9 heteroatoms. The van der Waals surface area contributed by atoms with Crippen molar-refractivity contribution in [1.82, 2.24) is 20.2 Å². The van der Waals surface area contributed by atoms with Crippen LogP contribution in [0.15, 0.2) is 89.1 Å². The Morgan fingerprint density at radius 3 is 2.36 bits per heavy atom. The van der Waals surface area contributed by atoms with Crippen LogP contribution < -0.4 is 10.3 Å². The second kappa shape index (κ2) is 12.4. The number of aromatic nitrogens is 3. The number of hydrogen-bond acceptors (Lipinski definition) is 6. The molecule has 0 aliphatic heterocycles. The lowest BCUT2D eigenvalue weighted by molar-refractivity contribution is -0.118. The molecule has 0 atom stereocenters. The third-order valence-electron chi connectivity index (χ3n) is 5.51. The minimum Gasteiger partial charge on any atom is -0.372 e. The number of nitrogens with zero attached hydrogens (tertiary/aromatic N) is 5. The van der Waals surface area contributed by atoms with Crippen LogP contribution in [0, 0.1) is 0 Å². The van der Waals surface area contributed by atoms with Crippen LogP contribution >= 0.6 is 23.4 Å². The van der Waals surface area contributed by atoms with Gasteiger partial charge in [0.05, 0.1) is 12.0 Å². The van der Waals surface area contributed by atoms with E-state index in [1.165, 1.54) is 11.8 Å². The van der Waals surface area contributed by atoms with Crippen LogP contribution in [0.25, 0.3) is 17.1 Å². The monoisotopic (exact) mass is 518 g/mol. The van der Waals surface area contributed by atoms with Crippen LogP contribution in [0.3, 0.4) is 0 Å². The molecule has 0 fully saturated rings. The molecule has 0 radical (unpaired) electrons. The summed E-state index contributed by atoms with van der Waals surface area (Å²) in [5, 5.41) is 14.1. The van der Waals surface area contributed by atoms with Gasteiger partial charge in [0.15, 0.2) is 11.0 Å². The highest BCUT2D eigenvalue weighted by Crippen LogP contribution is 2.28. The highest BCUT2D eigenvalue weighted by molar-refractivity contribution is 7.99. The normalized spacial score (nSPS) is 11.1. The Hall–Kier alpha value is -3.62. The average molecular weight is 519 g/mol. The van der Waals surface area contributed by atoms with Gasteiger partial charge in [0.25, 0.3) is 5.91 Å². The van der Waals surface area contributed by atoms with Gasteiger partial charge < -0.3 is 4.90 Å². The molecule has 0 aliphatic carbocycles. The number of anilines is 1. The van der Waals surface area contributed by atoms with Crippen molar-refractivity contribution in [2.24, 2.45) is 5.10 Å². The first kappa shape index (κ1) is 25.5. The van der Waals surface area contributed by atoms with Gasteiger partial charge in [0.1, 0.15) is 0 Å². The van der Waals surface area contributed by atoms with Crippen molar-refractivity contribution in [3.63, 3.8) is 0 Å². The van der Waals surface area contributed by atoms with Crippen LogP contribution in [0.5, 0.6) is 0 Å². The number of rotatable bonds is 10. The van der Waals surface area contributed by atoms with Gasteiger partial charge in [-0.05, 0) is 55.8 Å². The molecule has 1 N–H and O–H groups in total. The minimum absolute atomic E-state index is 0.138. The molecule has 184 valence electrons. The Kier molecular flexibility index (Phi) is 8.76. The minimum atomic E-state index is -0.233. The molecule has 0 bridgehead atoms. The Morgan fingerprint density at radius 1 is 1.00 bits per heavy atom. The number of hydrazone groups is 1. The van der Waals surface area contributed by atoms with Crippen molar-refractivity contribution >= 4 is 41.2 Å². The fourth-order valence-corrected chi connectivity index (χ4v) is 4.53. The summed E-state index contributed by atoms with van der Waals surface area (Å²) in [7, 11) is 0. The zero-order valence-corrected chi connectivity index (χ0v) is 21.7.